The Morgan fingerprint density at radius 1 is 1.24 bits per heavy atom. The zero-order valence-corrected chi connectivity index (χ0v) is 15.6. The van der Waals surface area contributed by atoms with Crippen molar-refractivity contribution in [2.75, 3.05) is 44.8 Å². The molecular formula is C18H26N2O4S. The summed E-state index contributed by atoms with van der Waals surface area (Å²) in [6, 6.07) is 0. The first-order valence-corrected chi connectivity index (χ1v) is 9.92. The second kappa shape index (κ2) is 8.78. The number of esters is 1. The van der Waals surface area contributed by atoms with Gasteiger partial charge in [-0.25, -0.2) is 4.79 Å². The number of rotatable bonds is 6. The molecule has 1 N–H and O–H groups in total. The third-order valence-electron chi connectivity index (χ3n) is 4.66. The lowest BCUT2D eigenvalue weighted by Crippen LogP contribution is -2.38. The number of morpholine rings is 1. The number of aryl methyl sites for hydroxylation is 1. The fraction of sp³-hybridized carbons (Fsp3) is 0.667. The van der Waals surface area contributed by atoms with Crippen LogP contribution in [0.3, 0.4) is 0 Å². The van der Waals surface area contributed by atoms with Crippen molar-refractivity contribution < 1.29 is 19.1 Å². The van der Waals surface area contributed by atoms with Crippen LogP contribution in [0.15, 0.2) is 0 Å². The summed E-state index contributed by atoms with van der Waals surface area (Å²) in [6.07, 6.45) is 4.52. The number of anilines is 1. The minimum Gasteiger partial charge on any atom is -0.462 e. The molecule has 2 aliphatic rings. The Morgan fingerprint density at radius 2 is 2.00 bits per heavy atom. The Bertz CT molecular complexity index is 623. The van der Waals surface area contributed by atoms with E-state index in [1.54, 1.807) is 6.92 Å². The zero-order chi connectivity index (χ0) is 17.6. The molecule has 0 spiro atoms. The molecule has 138 valence electrons. The number of hydrogen-bond donors (Lipinski definition) is 1. The van der Waals surface area contributed by atoms with E-state index in [2.05, 4.69) is 10.2 Å². The molecule has 3 rings (SSSR count). The maximum Gasteiger partial charge on any atom is 0.341 e. The highest BCUT2D eigenvalue weighted by molar-refractivity contribution is 7.17. The number of hydrogen-bond acceptors (Lipinski definition) is 6. The van der Waals surface area contributed by atoms with Crippen molar-refractivity contribution in [2.24, 2.45) is 0 Å². The van der Waals surface area contributed by atoms with Crippen LogP contribution >= 0.6 is 11.3 Å². The van der Waals surface area contributed by atoms with Crippen molar-refractivity contribution in [1.82, 2.24) is 4.90 Å². The zero-order valence-electron chi connectivity index (χ0n) is 14.8. The molecule has 0 unspecified atom stereocenters. The molecule has 0 saturated carbocycles. The van der Waals surface area contributed by atoms with Crippen LogP contribution in [-0.2, 0) is 27.1 Å². The SMILES string of the molecule is CCOC(=O)c1c(NC(=O)CCN2CCOCC2)sc2c1CCCC2. The third-order valence-corrected chi connectivity index (χ3v) is 5.87. The van der Waals surface area contributed by atoms with Gasteiger partial charge in [-0.2, -0.15) is 0 Å². The van der Waals surface area contributed by atoms with E-state index in [4.69, 9.17) is 9.47 Å². The molecule has 1 aromatic rings. The van der Waals surface area contributed by atoms with Gasteiger partial charge in [0.05, 0.1) is 25.4 Å². The summed E-state index contributed by atoms with van der Waals surface area (Å²) in [6.45, 7) is 6.06. The van der Waals surface area contributed by atoms with Crippen molar-refractivity contribution in [1.29, 1.82) is 0 Å². The summed E-state index contributed by atoms with van der Waals surface area (Å²) >= 11 is 1.54. The predicted molar refractivity (Wildman–Crippen MR) is 97.4 cm³/mol. The lowest BCUT2D eigenvalue weighted by atomic mass is 9.95. The van der Waals surface area contributed by atoms with Gasteiger partial charge in [-0.1, -0.05) is 0 Å². The first kappa shape index (κ1) is 18.4. The number of nitrogens with one attached hydrogen (secondary N) is 1. The number of carbonyl (C=O) groups excluding carboxylic acids is 2. The van der Waals surface area contributed by atoms with Gasteiger partial charge in [-0.3, -0.25) is 9.69 Å². The second-order valence-electron chi connectivity index (χ2n) is 6.39. The van der Waals surface area contributed by atoms with Gasteiger partial charge in [0, 0.05) is 30.9 Å². The van der Waals surface area contributed by atoms with E-state index in [9.17, 15) is 9.59 Å². The average Bonchev–Trinajstić information content (AvgIpc) is 2.99. The number of thiophene rings is 1. The van der Waals surface area contributed by atoms with Crippen molar-refractivity contribution in [3.8, 4) is 0 Å². The van der Waals surface area contributed by atoms with Crippen molar-refractivity contribution >= 4 is 28.2 Å². The highest BCUT2D eigenvalue weighted by Gasteiger charge is 2.27. The minimum absolute atomic E-state index is 0.0457. The predicted octanol–water partition coefficient (Wildman–Crippen LogP) is 2.46. The highest BCUT2D eigenvalue weighted by Crippen LogP contribution is 2.38. The molecule has 1 aliphatic carbocycles. The first-order chi connectivity index (χ1) is 12.2. The summed E-state index contributed by atoms with van der Waals surface area (Å²) < 4.78 is 10.5. The molecule has 2 heterocycles. The molecule has 1 aromatic heterocycles. The van der Waals surface area contributed by atoms with Crippen LogP contribution in [-0.4, -0.2) is 56.2 Å². The number of ether oxygens (including phenoxy) is 2. The maximum absolute atomic E-state index is 12.4. The molecule has 1 aliphatic heterocycles. The van der Waals surface area contributed by atoms with Gasteiger partial charge >= 0.3 is 5.97 Å². The Labute approximate surface area is 152 Å². The molecular weight excluding hydrogens is 340 g/mol. The second-order valence-corrected chi connectivity index (χ2v) is 7.49. The molecule has 0 aromatic carbocycles. The Kier molecular flexibility index (Phi) is 6.45. The summed E-state index contributed by atoms with van der Waals surface area (Å²) in [5.41, 5.74) is 1.67. The smallest absolute Gasteiger partial charge is 0.341 e. The molecule has 1 amide bonds. The molecule has 1 fully saturated rings. The summed E-state index contributed by atoms with van der Waals surface area (Å²) in [4.78, 5) is 28.2. The van der Waals surface area contributed by atoms with Gasteiger partial charge in [0.15, 0.2) is 0 Å². The standard InChI is InChI=1S/C18H26N2O4S/c1-2-24-18(22)16-13-5-3-4-6-14(13)25-17(16)19-15(21)7-8-20-9-11-23-12-10-20/h2-12H2,1H3,(H,19,21). The van der Waals surface area contributed by atoms with E-state index in [0.29, 0.717) is 23.6 Å². The molecule has 0 atom stereocenters. The van der Waals surface area contributed by atoms with E-state index >= 15 is 0 Å². The summed E-state index contributed by atoms with van der Waals surface area (Å²) in [7, 11) is 0. The number of fused-ring (bicyclic) bond motifs is 1. The normalized spacial score (nSPS) is 17.8. The van der Waals surface area contributed by atoms with Crippen LogP contribution in [0.5, 0.6) is 0 Å². The molecule has 0 radical (unpaired) electrons. The van der Waals surface area contributed by atoms with Crippen molar-refractivity contribution in [3.63, 3.8) is 0 Å². The van der Waals surface area contributed by atoms with E-state index in [-0.39, 0.29) is 11.9 Å². The molecule has 0 bridgehead atoms. The van der Waals surface area contributed by atoms with Gasteiger partial charge < -0.3 is 14.8 Å². The highest BCUT2D eigenvalue weighted by atomic mass is 32.1. The molecule has 6 nitrogen and oxygen atoms in total. The Balaban J connectivity index is 1.67. The van der Waals surface area contributed by atoms with Crippen LogP contribution in [0.1, 0.15) is 47.0 Å². The van der Waals surface area contributed by atoms with Crippen LogP contribution in [0.25, 0.3) is 0 Å². The lowest BCUT2D eigenvalue weighted by Gasteiger charge is -2.26. The quantitative estimate of drug-likeness (QED) is 0.784. The minimum atomic E-state index is -0.314. The lowest BCUT2D eigenvalue weighted by molar-refractivity contribution is -0.116. The molecule has 7 heteroatoms. The molecule has 25 heavy (non-hydrogen) atoms. The fourth-order valence-electron chi connectivity index (χ4n) is 3.35. The van der Waals surface area contributed by atoms with Crippen LogP contribution < -0.4 is 5.32 Å². The maximum atomic E-state index is 12.4. The van der Waals surface area contributed by atoms with Crippen LogP contribution in [0.2, 0.25) is 0 Å². The Morgan fingerprint density at radius 3 is 2.76 bits per heavy atom. The van der Waals surface area contributed by atoms with Gasteiger partial charge in [-0.15, -0.1) is 11.3 Å². The fourth-order valence-corrected chi connectivity index (χ4v) is 4.64. The number of nitrogens with zero attached hydrogens (tertiary/aromatic N) is 1. The van der Waals surface area contributed by atoms with E-state index < -0.39 is 0 Å². The van der Waals surface area contributed by atoms with E-state index in [0.717, 1.165) is 64.1 Å². The Hall–Kier alpha value is -1.44. The van der Waals surface area contributed by atoms with Crippen LogP contribution in [0.4, 0.5) is 5.00 Å². The van der Waals surface area contributed by atoms with E-state index in [1.807, 2.05) is 0 Å². The van der Waals surface area contributed by atoms with Crippen LogP contribution in [0, 0.1) is 0 Å². The van der Waals surface area contributed by atoms with Gasteiger partial charge in [-0.05, 0) is 38.2 Å². The third kappa shape index (κ3) is 4.59. The van der Waals surface area contributed by atoms with Gasteiger partial charge in [0.1, 0.15) is 5.00 Å². The topological polar surface area (TPSA) is 67.9 Å². The summed E-state index contributed by atoms with van der Waals surface area (Å²) in [5, 5.41) is 3.63. The number of carbonyl (C=O) groups is 2. The first-order valence-electron chi connectivity index (χ1n) is 9.10. The van der Waals surface area contributed by atoms with E-state index in [1.165, 1.54) is 16.2 Å². The largest absolute Gasteiger partial charge is 0.462 e. The average molecular weight is 366 g/mol. The van der Waals surface area contributed by atoms with Crippen molar-refractivity contribution in [3.05, 3.63) is 16.0 Å². The monoisotopic (exact) mass is 366 g/mol. The molecule has 1 saturated heterocycles. The van der Waals surface area contributed by atoms with Gasteiger partial charge in [0.2, 0.25) is 5.91 Å². The summed E-state index contributed by atoms with van der Waals surface area (Å²) in [5.74, 6) is -0.360. The number of amides is 1. The van der Waals surface area contributed by atoms with Crippen molar-refractivity contribution in [2.45, 2.75) is 39.0 Å². The van der Waals surface area contributed by atoms with Gasteiger partial charge in [0.25, 0.3) is 0 Å².